The van der Waals surface area contributed by atoms with Crippen LogP contribution in [-0.4, -0.2) is 37.1 Å². The number of nitrogens with zero attached hydrogens (tertiary/aromatic N) is 2. The molecule has 1 fully saturated rings. The van der Waals surface area contributed by atoms with E-state index in [1.54, 1.807) is 19.4 Å². The molecule has 1 aromatic heterocycles. The Morgan fingerprint density at radius 1 is 1.56 bits per heavy atom. The first-order valence-electron chi connectivity index (χ1n) is 5.43. The van der Waals surface area contributed by atoms with Gasteiger partial charge in [-0.3, -0.25) is 20.1 Å². The second kappa shape index (κ2) is 5.92. The van der Waals surface area contributed by atoms with Crippen LogP contribution in [0.5, 0.6) is 0 Å². The van der Waals surface area contributed by atoms with Gasteiger partial charge >= 0.3 is 0 Å². The SMILES string of the molecule is COCCN=C1NC(=O)C(c2ccc(Br)cn2)N1. The van der Waals surface area contributed by atoms with Gasteiger partial charge < -0.3 is 10.1 Å². The summed E-state index contributed by atoms with van der Waals surface area (Å²) in [6.07, 6.45) is 1.66. The first-order chi connectivity index (χ1) is 8.70. The Labute approximate surface area is 113 Å². The molecule has 0 aromatic carbocycles. The van der Waals surface area contributed by atoms with Crippen molar-refractivity contribution in [3.63, 3.8) is 0 Å². The fraction of sp³-hybridized carbons (Fsp3) is 0.364. The van der Waals surface area contributed by atoms with E-state index in [4.69, 9.17) is 4.74 Å². The van der Waals surface area contributed by atoms with Crippen molar-refractivity contribution in [2.75, 3.05) is 20.3 Å². The molecular weight excluding hydrogens is 300 g/mol. The van der Waals surface area contributed by atoms with Crippen molar-refractivity contribution in [1.29, 1.82) is 0 Å². The number of hydrogen-bond donors (Lipinski definition) is 2. The van der Waals surface area contributed by atoms with Gasteiger partial charge in [0.15, 0.2) is 12.0 Å². The number of guanidine groups is 1. The van der Waals surface area contributed by atoms with Crippen LogP contribution in [0.25, 0.3) is 0 Å². The zero-order valence-corrected chi connectivity index (χ0v) is 11.4. The second-order valence-corrected chi connectivity index (χ2v) is 4.61. The molecule has 1 atom stereocenters. The lowest BCUT2D eigenvalue weighted by atomic mass is 10.2. The summed E-state index contributed by atoms with van der Waals surface area (Å²) in [5.74, 6) is 0.313. The first kappa shape index (κ1) is 13.0. The number of ether oxygens (including phenoxy) is 1. The second-order valence-electron chi connectivity index (χ2n) is 3.69. The largest absolute Gasteiger partial charge is 0.383 e. The van der Waals surface area contributed by atoms with Crippen LogP contribution in [0, 0.1) is 0 Å². The Morgan fingerprint density at radius 2 is 2.39 bits per heavy atom. The normalized spacial score (nSPS) is 20.9. The third-order valence-corrected chi connectivity index (χ3v) is 2.87. The molecule has 0 aliphatic carbocycles. The van der Waals surface area contributed by atoms with Crippen LogP contribution < -0.4 is 10.6 Å². The van der Waals surface area contributed by atoms with Crippen molar-refractivity contribution < 1.29 is 9.53 Å². The standard InChI is InChI=1S/C11H13BrN4O2/c1-18-5-4-13-11-15-9(10(17)16-11)8-3-2-7(12)6-14-8/h2-3,6,9H,4-5H2,1H3,(H2,13,15,16,17). The highest BCUT2D eigenvalue weighted by Gasteiger charge is 2.30. The Bertz CT molecular complexity index is 461. The molecule has 0 radical (unpaired) electrons. The lowest BCUT2D eigenvalue weighted by Crippen LogP contribution is -2.26. The fourth-order valence-electron chi connectivity index (χ4n) is 1.53. The number of carbonyl (C=O) groups is 1. The van der Waals surface area contributed by atoms with Gasteiger partial charge in [0.25, 0.3) is 5.91 Å². The zero-order valence-electron chi connectivity index (χ0n) is 9.81. The van der Waals surface area contributed by atoms with E-state index < -0.39 is 6.04 Å². The van der Waals surface area contributed by atoms with E-state index in [0.717, 1.165) is 4.47 Å². The van der Waals surface area contributed by atoms with Gasteiger partial charge in [0.2, 0.25) is 0 Å². The highest BCUT2D eigenvalue weighted by molar-refractivity contribution is 9.10. The smallest absolute Gasteiger partial charge is 0.255 e. The molecule has 96 valence electrons. The number of hydrogen-bond acceptors (Lipinski definition) is 4. The molecule has 1 aliphatic rings. The molecule has 1 aliphatic heterocycles. The highest BCUT2D eigenvalue weighted by atomic mass is 79.9. The Morgan fingerprint density at radius 3 is 3.06 bits per heavy atom. The maximum Gasteiger partial charge on any atom is 0.255 e. The summed E-state index contributed by atoms with van der Waals surface area (Å²) in [6, 6.07) is 3.15. The van der Waals surface area contributed by atoms with Crippen molar-refractivity contribution in [3.05, 3.63) is 28.5 Å². The third kappa shape index (κ3) is 3.05. The summed E-state index contributed by atoms with van der Waals surface area (Å²) in [7, 11) is 1.61. The molecule has 2 N–H and O–H groups in total. The van der Waals surface area contributed by atoms with Gasteiger partial charge in [0, 0.05) is 17.8 Å². The molecule has 6 nitrogen and oxygen atoms in total. The number of carbonyl (C=O) groups excluding carboxylic acids is 1. The van der Waals surface area contributed by atoms with E-state index in [1.165, 1.54) is 0 Å². The van der Waals surface area contributed by atoms with Crippen LogP contribution in [0.4, 0.5) is 0 Å². The van der Waals surface area contributed by atoms with Crippen LogP contribution in [0.15, 0.2) is 27.8 Å². The molecule has 0 spiro atoms. The van der Waals surface area contributed by atoms with Gasteiger partial charge in [0.05, 0.1) is 18.8 Å². The van der Waals surface area contributed by atoms with Crippen molar-refractivity contribution in [1.82, 2.24) is 15.6 Å². The van der Waals surface area contributed by atoms with E-state index in [-0.39, 0.29) is 5.91 Å². The molecule has 0 saturated carbocycles. The summed E-state index contributed by atoms with van der Waals surface area (Å²) in [4.78, 5) is 20.1. The number of methoxy groups -OCH3 is 1. The maximum atomic E-state index is 11.8. The number of nitrogens with one attached hydrogen (secondary N) is 2. The predicted octanol–water partition coefficient (Wildman–Crippen LogP) is 0.607. The first-order valence-corrected chi connectivity index (χ1v) is 6.22. The van der Waals surface area contributed by atoms with Crippen LogP contribution >= 0.6 is 15.9 Å². The highest BCUT2D eigenvalue weighted by Crippen LogP contribution is 2.16. The molecule has 2 heterocycles. The van der Waals surface area contributed by atoms with Gasteiger partial charge in [-0.05, 0) is 28.1 Å². The van der Waals surface area contributed by atoms with Gasteiger partial charge in [0.1, 0.15) is 0 Å². The average molecular weight is 313 g/mol. The molecule has 1 aromatic rings. The molecule has 0 bridgehead atoms. The third-order valence-electron chi connectivity index (χ3n) is 2.40. The molecule has 7 heteroatoms. The Kier molecular flexibility index (Phi) is 4.27. The number of pyridine rings is 1. The summed E-state index contributed by atoms with van der Waals surface area (Å²) in [6.45, 7) is 1.02. The summed E-state index contributed by atoms with van der Waals surface area (Å²) >= 11 is 3.30. The van der Waals surface area contributed by atoms with Crippen LogP contribution in [0.3, 0.4) is 0 Å². The van der Waals surface area contributed by atoms with Gasteiger partial charge in [-0.2, -0.15) is 0 Å². The van der Waals surface area contributed by atoms with E-state index in [9.17, 15) is 4.79 Å². The minimum atomic E-state index is -0.487. The Balaban J connectivity index is 2.05. The van der Waals surface area contributed by atoms with Gasteiger partial charge in [-0.25, -0.2) is 0 Å². The van der Waals surface area contributed by atoms with Crippen LogP contribution in [0.1, 0.15) is 11.7 Å². The van der Waals surface area contributed by atoms with E-state index in [0.29, 0.717) is 24.8 Å². The molecule has 18 heavy (non-hydrogen) atoms. The van der Waals surface area contributed by atoms with Crippen molar-refractivity contribution >= 4 is 27.8 Å². The molecule has 1 unspecified atom stereocenters. The number of halogens is 1. The van der Waals surface area contributed by atoms with E-state index in [1.807, 2.05) is 6.07 Å². The molecular formula is C11H13BrN4O2. The topological polar surface area (TPSA) is 75.6 Å². The van der Waals surface area contributed by atoms with Crippen molar-refractivity contribution in [2.24, 2.45) is 4.99 Å². The molecule has 2 rings (SSSR count). The monoisotopic (exact) mass is 312 g/mol. The lowest BCUT2D eigenvalue weighted by molar-refractivity contribution is -0.120. The lowest BCUT2D eigenvalue weighted by Gasteiger charge is -2.06. The number of rotatable bonds is 4. The van der Waals surface area contributed by atoms with Crippen LogP contribution in [-0.2, 0) is 9.53 Å². The minimum absolute atomic E-state index is 0.152. The van der Waals surface area contributed by atoms with Gasteiger partial charge in [-0.15, -0.1) is 0 Å². The van der Waals surface area contributed by atoms with Gasteiger partial charge in [-0.1, -0.05) is 0 Å². The number of amides is 1. The quantitative estimate of drug-likeness (QED) is 0.799. The van der Waals surface area contributed by atoms with Crippen LogP contribution in [0.2, 0.25) is 0 Å². The maximum absolute atomic E-state index is 11.8. The number of aromatic nitrogens is 1. The average Bonchev–Trinajstić information content (AvgIpc) is 2.72. The molecule has 1 amide bonds. The fourth-order valence-corrected chi connectivity index (χ4v) is 1.76. The summed E-state index contributed by atoms with van der Waals surface area (Å²) in [5, 5.41) is 5.66. The zero-order chi connectivity index (χ0) is 13.0. The van der Waals surface area contributed by atoms with Crippen molar-refractivity contribution in [3.8, 4) is 0 Å². The predicted molar refractivity (Wildman–Crippen MR) is 70.1 cm³/mol. The minimum Gasteiger partial charge on any atom is -0.383 e. The summed E-state index contributed by atoms with van der Waals surface area (Å²) in [5.41, 5.74) is 0.660. The van der Waals surface area contributed by atoms with E-state index in [2.05, 4.69) is 36.5 Å². The van der Waals surface area contributed by atoms with E-state index >= 15 is 0 Å². The summed E-state index contributed by atoms with van der Waals surface area (Å²) < 4.78 is 5.76. The Hall–Kier alpha value is -1.47. The number of aliphatic imine (C=N–C) groups is 1. The van der Waals surface area contributed by atoms with Crippen molar-refractivity contribution in [2.45, 2.75) is 6.04 Å². The molecule has 1 saturated heterocycles.